The van der Waals surface area contributed by atoms with E-state index in [9.17, 15) is 4.79 Å². The molecule has 5 nitrogen and oxygen atoms in total. The largest absolute Gasteiger partial charge is 0.352 e. The molecule has 26 heavy (non-hydrogen) atoms. The number of nitrogens with zero attached hydrogens (tertiary/aromatic N) is 2. The van der Waals surface area contributed by atoms with Crippen LogP contribution in [0, 0.1) is 0 Å². The van der Waals surface area contributed by atoms with Gasteiger partial charge in [-0.3, -0.25) is 4.79 Å². The molecule has 2 N–H and O–H groups in total. The lowest BCUT2D eigenvalue weighted by atomic mass is 10.1. The lowest BCUT2D eigenvalue weighted by Crippen LogP contribution is -2.31. The van der Waals surface area contributed by atoms with Gasteiger partial charge in [-0.1, -0.05) is 36.4 Å². The highest BCUT2D eigenvalue weighted by Crippen LogP contribution is 2.14. The van der Waals surface area contributed by atoms with Crippen molar-refractivity contribution in [1.29, 1.82) is 0 Å². The van der Waals surface area contributed by atoms with Gasteiger partial charge in [0.15, 0.2) is 0 Å². The van der Waals surface area contributed by atoms with Crippen LogP contribution in [0.2, 0.25) is 0 Å². The fraction of sp³-hybridized carbons (Fsp3) is 0.333. The van der Waals surface area contributed by atoms with E-state index in [1.54, 1.807) is 0 Å². The number of para-hydroxylation sites is 2. The van der Waals surface area contributed by atoms with Crippen LogP contribution in [0.1, 0.15) is 30.4 Å². The van der Waals surface area contributed by atoms with Crippen LogP contribution < -0.4 is 10.6 Å². The van der Waals surface area contributed by atoms with Gasteiger partial charge in [0, 0.05) is 25.6 Å². The topological polar surface area (TPSA) is 59.0 Å². The Morgan fingerprint density at radius 1 is 1.15 bits per heavy atom. The SMILES string of the molecule is O=C(CC1CCCN1)NCc1ccc(Cn2cnc3ccccc32)cc1. The predicted molar refractivity (Wildman–Crippen MR) is 103 cm³/mol. The minimum atomic E-state index is 0.123. The van der Waals surface area contributed by atoms with Crippen molar-refractivity contribution in [2.45, 2.75) is 38.4 Å². The second-order valence-electron chi connectivity index (χ2n) is 6.95. The Bertz CT molecular complexity index is 878. The molecule has 1 atom stereocenters. The van der Waals surface area contributed by atoms with Crippen molar-refractivity contribution in [2.24, 2.45) is 0 Å². The number of carbonyl (C=O) groups is 1. The summed E-state index contributed by atoms with van der Waals surface area (Å²) in [6.07, 6.45) is 4.73. The first-order valence-corrected chi connectivity index (χ1v) is 9.26. The zero-order valence-electron chi connectivity index (χ0n) is 14.8. The number of hydrogen-bond donors (Lipinski definition) is 2. The average Bonchev–Trinajstić information content (AvgIpc) is 3.32. The van der Waals surface area contributed by atoms with Crippen molar-refractivity contribution < 1.29 is 4.79 Å². The number of fused-ring (bicyclic) bond motifs is 1. The van der Waals surface area contributed by atoms with Gasteiger partial charge < -0.3 is 15.2 Å². The summed E-state index contributed by atoms with van der Waals surface area (Å²) in [4.78, 5) is 16.4. The van der Waals surface area contributed by atoms with Crippen LogP contribution in [0.3, 0.4) is 0 Å². The third kappa shape index (κ3) is 3.94. The first-order chi connectivity index (χ1) is 12.8. The maximum Gasteiger partial charge on any atom is 0.221 e. The summed E-state index contributed by atoms with van der Waals surface area (Å²) >= 11 is 0. The molecule has 1 saturated heterocycles. The van der Waals surface area contributed by atoms with E-state index in [1.165, 1.54) is 12.0 Å². The number of carbonyl (C=O) groups excluding carboxylic acids is 1. The molecule has 1 amide bonds. The second kappa shape index (κ2) is 7.70. The second-order valence-corrected chi connectivity index (χ2v) is 6.95. The fourth-order valence-corrected chi connectivity index (χ4v) is 3.52. The zero-order chi connectivity index (χ0) is 17.8. The number of amides is 1. The van der Waals surface area contributed by atoms with Gasteiger partial charge >= 0.3 is 0 Å². The Morgan fingerprint density at radius 2 is 1.96 bits per heavy atom. The van der Waals surface area contributed by atoms with Crippen molar-refractivity contribution in [3.8, 4) is 0 Å². The van der Waals surface area contributed by atoms with E-state index in [-0.39, 0.29) is 5.91 Å². The van der Waals surface area contributed by atoms with Gasteiger partial charge in [-0.25, -0.2) is 4.98 Å². The number of rotatable bonds is 6. The minimum Gasteiger partial charge on any atom is -0.352 e. The normalized spacial score (nSPS) is 16.8. The van der Waals surface area contributed by atoms with E-state index in [2.05, 4.69) is 50.5 Å². The number of benzene rings is 2. The molecule has 0 bridgehead atoms. The van der Waals surface area contributed by atoms with Gasteiger partial charge in [-0.05, 0) is 42.6 Å². The molecule has 3 aromatic rings. The standard InChI is InChI=1S/C21H24N4O/c26-21(12-18-4-3-11-22-18)23-13-16-7-9-17(10-8-16)14-25-15-24-19-5-1-2-6-20(19)25/h1-2,5-10,15,18,22H,3-4,11-14H2,(H,23,26). The summed E-state index contributed by atoms with van der Waals surface area (Å²) < 4.78 is 2.15. The molecule has 0 spiro atoms. The summed E-state index contributed by atoms with van der Waals surface area (Å²) in [6, 6.07) is 16.9. The van der Waals surface area contributed by atoms with Crippen molar-refractivity contribution >= 4 is 16.9 Å². The molecule has 1 aromatic heterocycles. The lowest BCUT2D eigenvalue weighted by molar-refractivity contribution is -0.121. The molecular weight excluding hydrogens is 324 g/mol. The van der Waals surface area contributed by atoms with Crippen molar-refractivity contribution in [3.05, 3.63) is 66.0 Å². The van der Waals surface area contributed by atoms with Crippen LogP contribution in [-0.2, 0) is 17.9 Å². The molecule has 134 valence electrons. The first-order valence-electron chi connectivity index (χ1n) is 9.26. The van der Waals surface area contributed by atoms with Gasteiger partial charge in [-0.2, -0.15) is 0 Å². The lowest BCUT2D eigenvalue weighted by Gasteiger charge is -2.11. The van der Waals surface area contributed by atoms with Gasteiger partial charge in [-0.15, -0.1) is 0 Å². The molecule has 0 saturated carbocycles. The zero-order valence-corrected chi connectivity index (χ0v) is 14.8. The maximum atomic E-state index is 12.0. The molecular formula is C21H24N4O. The van der Waals surface area contributed by atoms with Crippen LogP contribution >= 0.6 is 0 Å². The van der Waals surface area contributed by atoms with Crippen molar-refractivity contribution in [3.63, 3.8) is 0 Å². The van der Waals surface area contributed by atoms with Crippen LogP contribution in [0.5, 0.6) is 0 Å². The highest BCUT2D eigenvalue weighted by Gasteiger charge is 2.17. The summed E-state index contributed by atoms with van der Waals surface area (Å²) in [7, 11) is 0. The van der Waals surface area contributed by atoms with Crippen LogP contribution in [0.15, 0.2) is 54.9 Å². The number of aromatic nitrogens is 2. The van der Waals surface area contributed by atoms with Gasteiger partial charge in [0.2, 0.25) is 5.91 Å². The van der Waals surface area contributed by atoms with E-state index in [0.717, 1.165) is 36.1 Å². The monoisotopic (exact) mass is 348 g/mol. The van der Waals surface area contributed by atoms with Crippen LogP contribution in [0.25, 0.3) is 11.0 Å². The molecule has 1 unspecified atom stereocenters. The average molecular weight is 348 g/mol. The quantitative estimate of drug-likeness (QED) is 0.720. The summed E-state index contributed by atoms with van der Waals surface area (Å²) in [5.41, 5.74) is 4.50. The number of hydrogen-bond acceptors (Lipinski definition) is 3. The van der Waals surface area contributed by atoms with Gasteiger partial charge in [0.1, 0.15) is 0 Å². The van der Waals surface area contributed by atoms with E-state index < -0.39 is 0 Å². The minimum absolute atomic E-state index is 0.123. The van der Waals surface area contributed by atoms with Gasteiger partial charge in [0.25, 0.3) is 0 Å². The molecule has 5 heteroatoms. The Balaban J connectivity index is 1.32. The van der Waals surface area contributed by atoms with Crippen molar-refractivity contribution in [1.82, 2.24) is 20.2 Å². The van der Waals surface area contributed by atoms with E-state index in [4.69, 9.17) is 0 Å². The van der Waals surface area contributed by atoms with Crippen LogP contribution in [0.4, 0.5) is 0 Å². The molecule has 2 aromatic carbocycles. The number of imidazole rings is 1. The maximum absolute atomic E-state index is 12.0. The highest BCUT2D eigenvalue weighted by atomic mass is 16.1. The third-order valence-corrected chi connectivity index (χ3v) is 4.99. The van der Waals surface area contributed by atoms with Gasteiger partial charge in [0.05, 0.1) is 17.4 Å². The molecule has 4 rings (SSSR count). The summed E-state index contributed by atoms with van der Waals surface area (Å²) in [5.74, 6) is 0.123. The first kappa shape index (κ1) is 16.8. The Morgan fingerprint density at radius 3 is 2.77 bits per heavy atom. The van der Waals surface area contributed by atoms with E-state index >= 15 is 0 Å². The van der Waals surface area contributed by atoms with Crippen molar-refractivity contribution in [2.75, 3.05) is 6.54 Å². The van der Waals surface area contributed by atoms with E-state index in [0.29, 0.717) is 19.0 Å². The Hall–Kier alpha value is -2.66. The molecule has 1 aliphatic heterocycles. The molecule has 1 fully saturated rings. The predicted octanol–water partition coefficient (Wildman–Crippen LogP) is 2.84. The van der Waals surface area contributed by atoms with Crippen LogP contribution in [-0.4, -0.2) is 28.0 Å². The Kier molecular flexibility index (Phi) is 4.97. The highest BCUT2D eigenvalue weighted by molar-refractivity contribution is 5.76. The molecule has 0 radical (unpaired) electrons. The molecule has 1 aliphatic rings. The molecule has 2 heterocycles. The number of nitrogens with one attached hydrogen (secondary N) is 2. The summed E-state index contributed by atoms with van der Waals surface area (Å²) in [6.45, 7) is 2.41. The Labute approximate surface area is 153 Å². The smallest absolute Gasteiger partial charge is 0.221 e. The third-order valence-electron chi connectivity index (χ3n) is 4.99. The molecule has 0 aliphatic carbocycles. The fourth-order valence-electron chi connectivity index (χ4n) is 3.52. The van der Waals surface area contributed by atoms with E-state index in [1.807, 2.05) is 24.5 Å². The summed E-state index contributed by atoms with van der Waals surface area (Å²) in [5, 5.41) is 6.38.